The maximum atomic E-state index is 11.0. The van der Waals surface area contributed by atoms with Gasteiger partial charge in [0.1, 0.15) is 5.69 Å². The second-order valence-electron chi connectivity index (χ2n) is 5.11. The molecular weight excluding hydrogens is 290 g/mol. The number of nitro groups is 1. The molecule has 0 spiro atoms. The molecule has 0 saturated carbocycles. The molecular formula is C15H24ClN3O2. The van der Waals surface area contributed by atoms with Crippen LogP contribution in [0.15, 0.2) is 18.2 Å². The number of para-hydroxylation sites is 1. The van der Waals surface area contributed by atoms with Crippen LogP contribution >= 0.6 is 11.6 Å². The van der Waals surface area contributed by atoms with Crippen molar-refractivity contribution in [3.8, 4) is 0 Å². The summed E-state index contributed by atoms with van der Waals surface area (Å²) in [6, 6.07) is 4.87. The van der Waals surface area contributed by atoms with Crippen molar-refractivity contribution in [3.63, 3.8) is 0 Å². The van der Waals surface area contributed by atoms with Gasteiger partial charge in [0, 0.05) is 12.1 Å². The molecule has 0 saturated heterocycles. The zero-order chi connectivity index (χ0) is 15.8. The molecule has 0 aliphatic rings. The summed E-state index contributed by atoms with van der Waals surface area (Å²) >= 11 is 6.07. The van der Waals surface area contributed by atoms with Gasteiger partial charge in [-0.05, 0) is 45.5 Å². The van der Waals surface area contributed by atoms with E-state index in [1.807, 2.05) is 6.92 Å². The number of nitro benzene ring substituents is 1. The Labute approximate surface area is 131 Å². The van der Waals surface area contributed by atoms with Crippen molar-refractivity contribution in [2.75, 3.05) is 25.0 Å². The van der Waals surface area contributed by atoms with Gasteiger partial charge < -0.3 is 10.2 Å². The largest absolute Gasteiger partial charge is 0.376 e. The summed E-state index contributed by atoms with van der Waals surface area (Å²) in [6.45, 7) is 9.47. The van der Waals surface area contributed by atoms with Crippen LogP contribution in [0.5, 0.6) is 0 Å². The van der Waals surface area contributed by atoms with Crippen molar-refractivity contribution in [2.24, 2.45) is 0 Å². The van der Waals surface area contributed by atoms with Crippen LogP contribution in [-0.4, -0.2) is 35.5 Å². The lowest BCUT2D eigenvalue weighted by molar-refractivity contribution is -0.384. The summed E-state index contributed by atoms with van der Waals surface area (Å²) < 4.78 is 0. The van der Waals surface area contributed by atoms with Crippen molar-refractivity contribution >= 4 is 23.0 Å². The van der Waals surface area contributed by atoms with E-state index < -0.39 is 4.92 Å². The number of hydrogen-bond acceptors (Lipinski definition) is 4. The summed E-state index contributed by atoms with van der Waals surface area (Å²) in [5, 5.41) is 14.6. The van der Waals surface area contributed by atoms with E-state index in [-0.39, 0.29) is 11.7 Å². The average Bonchev–Trinajstić information content (AvgIpc) is 2.45. The molecule has 1 rings (SSSR count). The minimum absolute atomic E-state index is 0.0260. The Morgan fingerprint density at radius 3 is 2.62 bits per heavy atom. The predicted molar refractivity (Wildman–Crippen MR) is 88.2 cm³/mol. The third-order valence-corrected chi connectivity index (χ3v) is 3.90. The van der Waals surface area contributed by atoms with Crippen LogP contribution in [0.3, 0.4) is 0 Å². The number of halogens is 1. The molecule has 0 aliphatic carbocycles. The Hall–Kier alpha value is -1.33. The molecule has 0 aromatic heterocycles. The van der Waals surface area contributed by atoms with E-state index in [0.717, 1.165) is 32.5 Å². The first-order valence-electron chi connectivity index (χ1n) is 7.41. The molecule has 1 aromatic carbocycles. The number of hydrogen-bond donors (Lipinski definition) is 1. The smallest absolute Gasteiger partial charge is 0.293 e. The summed E-state index contributed by atoms with van der Waals surface area (Å²) in [5.41, 5.74) is 0.442. The van der Waals surface area contributed by atoms with E-state index in [1.165, 1.54) is 6.07 Å². The molecule has 0 aliphatic heterocycles. The van der Waals surface area contributed by atoms with Gasteiger partial charge in [0.15, 0.2) is 0 Å². The summed E-state index contributed by atoms with van der Waals surface area (Å²) in [7, 11) is 0. The average molecular weight is 314 g/mol. The summed E-state index contributed by atoms with van der Waals surface area (Å²) in [5.74, 6) is 0. The fraction of sp³-hybridized carbons (Fsp3) is 0.600. The quantitative estimate of drug-likeness (QED) is 0.549. The maximum absolute atomic E-state index is 11.0. The minimum Gasteiger partial charge on any atom is -0.376 e. The fourth-order valence-electron chi connectivity index (χ4n) is 2.29. The van der Waals surface area contributed by atoms with E-state index >= 15 is 0 Å². The monoisotopic (exact) mass is 313 g/mol. The van der Waals surface area contributed by atoms with Crippen LogP contribution in [0.2, 0.25) is 5.02 Å². The molecule has 0 heterocycles. The molecule has 118 valence electrons. The molecule has 1 atom stereocenters. The lowest BCUT2D eigenvalue weighted by Crippen LogP contribution is -2.25. The molecule has 0 radical (unpaired) electrons. The highest BCUT2D eigenvalue weighted by molar-refractivity contribution is 6.33. The van der Waals surface area contributed by atoms with Gasteiger partial charge >= 0.3 is 0 Å². The highest BCUT2D eigenvalue weighted by Crippen LogP contribution is 2.32. The first-order valence-corrected chi connectivity index (χ1v) is 7.79. The normalized spacial score (nSPS) is 12.4. The van der Waals surface area contributed by atoms with Gasteiger partial charge in [-0.25, -0.2) is 0 Å². The van der Waals surface area contributed by atoms with Gasteiger partial charge in [-0.1, -0.05) is 31.5 Å². The zero-order valence-electron chi connectivity index (χ0n) is 12.9. The van der Waals surface area contributed by atoms with Crippen molar-refractivity contribution in [1.29, 1.82) is 0 Å². The van der Waals surface area contributed by atoms with Crippen LogP contribution < -0.4 is 5.32 Å². The lowest BCUT2D eigenvalue weighted by Gasteiger charge is -2.20. The van der Waals surface area contributed by atoms with Crippen LogP contribution in [0, 0.1) is 10.1 Å². The second kappa shape index (κ2) is 8.85. The van der Waals surface area contributed by atoms with Crippen LogP contribution in [0.1, 0.15) is 33.6 Å². The van der Waals surface area contributed by atoms with Gasteiger partial charge in [-0.15, -0.1) is 0 Å². The predicted octanol–water partition coefficient (Wildman–Crippen LogP) is 4.17. The number of nitrogens with zero attached hydrogens (tertiary/aromatic N) is 2. The van der Waals surface area contributed by atoms with Gasteiger partial charge in [-0.3, -0.25) is 10.1 Å². The zero-order valence-corrected chi connectivity index (χ0v) is 13.7. The van der Waals surface area contributed by atoms with Crippen LogP contribution in [-0.2, 0) is 0 Å². The molecule has 0 fully saturated rings. The first kappa shape index (κ1) is 17.7. The van der Waals surface area contributed by atoms with Crippen molar-refractivity contribution in [2.45, 2.75) is 39.7 Å². The van der Waals surface area contributed by atoms with Gasteiger partial charge in [-0.2, -0.15) is 0 Å². The first-order chi connectivity index (χ1) is 9.99. The highest BCUT2D eigenvalue weighted by Gasteiger charge is 2.18. The van der Waals surface area contributed by atoms with Crippen LogP contribution in [0.4, 0.5) is 11.4 Å². The highest BCUT2D eigenvalue weighted by atomic mass is 35.5. The van der Waals surface area contributed by atoms with Gasteiger partial charge in [0.05, 0.1) is 9.95 Å². The van der Waals surface area contributed by atoms with E-state index in [9.17, 15) is 10.1 Å². The lowest BCUT2D eigenvalue weighted by atomic mass is 10.1. The third kappa shape index (κ3) is 5.52. The van der Waals surface area contributed by atoms with Gasteiger partial charge in [0.2, 0.25) is 0 Å². The van der Waals surface area contributed by atoms with Crippen LogP contribution in [0.25, 0.3) is 0 Å². The fourth-order valence-corrected chi connectivity index (χ4v) is 2.51. The second-order valence-corrected chi connectivity index (χ2v) is 5.51. The van der Waals surface area contributed by atoms with Crippen molar-refractivity contribution in [3.05, 3.63) is 33.3 Å². The Morgan fingerprint density at radius 1 is 1.38 bits per heavy atom. The van der Waals surface area contributed by atoms with E-state index in [1.54, 1.807) is 12.1 Å². The topological polar surface area (TPSA) is 58.4 Å². The molecule has 0 amide bonds. The molecule has 1 N–H and O–H groups in total. The third-order valence-electron chi connectivity index (χ3n) is 3.58. The standard InChI is InChI=1S/C15H24ClN3O2/c1-4-18(5-2)11-7-8-12(3)17-15-13(16)9-6-10-14(15)19(20)21/h6,9-10,12,17H,4-5,7-8,11H2,1-3H3. The minimum atomic E-state index is -0.406. The van der Waals surface area contributed by atoms with Crippen molar-refractivity contribution < 1.29 is 4.92 Å². The Morgan fingerprint density at radius 2 is 2.05 bits per heavy atom. The Kier molecular flexibility index (Phi) is 7.47. The SMILES string of the molecule is CCN(CC)CCCC(C)Nc1c(Cl)cccc1[N+](=O)[O-]. The maximum Gasteiger partial charge on any atom is 0.293 e. The van der Waals surface area contributed by atoms with Gasteiger partial charge in [0.25, 0.3) is 5.69 Å². The summed E-state index contributed by atoms with van der Waals surface area (Å²) in [4.78, 5) is 13.0. The number of benzene rings is 1. The molecule has 1 unspecified atom stereocenters. The summed E-state index contributed by atoms with van der Waals surface area (Å²) in [6.07, 6.45) is 1.99. The Bertz CT molecular complexity index is 464. The number of nitrogens with one attached hydrogen (secondary N) is 1. The molecule has 5 nitrogen and oxygen atoms in total. The molecule has 6 heteroatoms. The molecule has 21 heavy (non-hydrogen) atoms. The van der Waals surface area contributed by atoms with E-state index in [0.29, 0.717) is 10.7 Å². The Balaban J connectivity index is 2.59. The number of rotatable bonds is 9. The number of anilines is 1. The molecule has 1 aromatic rings. The molecule has 0 bridgehead atoms. The van der Waals surface area contributed by atoms with Crippen molar-refractivity contribution in [1.82, 2.24) is 4.90 Å². The van der Waals surface area contributed by atoms with E-state index in [2.05, 4.69) is 24.1 Å². The van der Waals surface area contributed by atoms with E-state index in [4.69, 9.17) is 11.6 Å².